The topological polar surface area (TPSA) is 89.1 Å². The number of carbonyl (C=O) groups excluding carboxylic acids is 1. The van der Waals surface area contributed by atoms with Crippen molar-refractivity contribution in [3.05, 3.63) is 35.8 Å². The fraction of sp³-hybridized carbons (Fsp3) is 0.588. The molecular formula is C17H24O6. The van der Waals surface area contributed by atoms with Crippen molar-refractivity contribution in [3.63, 3.8) is 0 Å². The van der Waals surface area contributed by atoms with Gasteiger partial charge in [-0.05, 0) is 18.6 Å². The zero-order chi connectivity index (χ0) is 16.7. The molecular weight excluding hydrogens is 300 g/mol. The predicted molar refractivity (Wildman–Crippen MR) is 82.9 cm³/mol. The quantitative estimate of drug-likeness (QED) is 0.555. The summed E-state index contributed by atoms with van der Waals surface area (Å²) in [5.74, 6) is 1.35. The zero-order valence-corrected chi connectivity index (χ0v) is 13.3. The summed E-state index contributed by atoms with van der Waals surface area (Å²) < 4.78 is 16.0. The van der Waals surface area contributed by atoms with Gasteiger partial charge in [0.25, 0.3) is 0 Å². The van der Waals surface area contributed by atoms with Crippen LogP contribution in [0, 0.1) is 0 Å². The van der Waals surface area contributed by atoms with Gasteiger partial charge in [-0.2, -0.15) is 0 Å². The van der Waals surface area contributed by atoms with Crippen LogP contribution in [-0.4, -0.2) is 48.2 Å². The van der Waals surface area contributed by atoms with Crippen molar-refractivity contribution < 1.29 is 28.9 Å². The van der Waals surface area contributed by atoms with Gasteiger partial charge < -0.3 is 24.1 Å². The molecule has 2 heterocycles. The second kappa shape index (κ2) is 8.86. The highest BCUT2D eigenvalue weighted by molar-refractivity contribution is 5.69. The molecule has 0 amide bonds. The molecule has 2 rings (SSSR count). The number of furan rings is 1. The number of hydrogen-bond donors (Lipinski definition) is 2. The summed E-state index contributed by atoms with van der Waals surface area (Å²) in [6.07, 6.45) is 4.97. The zero-order valence-electron chi connectivity index (χ0n) is 13.3. The predicted octanol–water partition coefficient (Wildman–Crippen LogP) is 1.38. The summed E-state index contributed by atoms with van der Waals surface area (Å²) in [5.41, 5.74) is 0. The van der Waals surface area contributed by atoms with E-state index in [0.29, 0.717) is 25.7 Å². The second-order valence-corrected chi connectivity index (χ2v) is 5.64. The van der Waals surface area contributed by atoms with E-state index in [1.54, 1.807) is 6.08 Å². The lowest BCUT2D eigenvalue weighted by Crippen LogP contribution is -2.21. The van der Waals surface area contributed by atoms with Crippen molar-refractivity contribution in [3.8, 4) is 0 Å². The van der Waals surface area contributed by atoms with E-state index in [4.69, 9.17) is 14.3 Å². The van der Waals surface area contributed by atoms with Crippen molar-refractivity contribution in [2.75, 3.05) is 13.7 Å². The molecule has 6 nitrogen and oxygen atoms in total. The van der Waals surface area contributed by atoms with Gasteiger partial charge in [-0.25, -0.2) is 0 Å². The van der Waals surface area contributed by atoms with E-state index in [0.717, 1.165) is 11.5 Å². The first kappa shape index (κ1) is 17.7. The first-order chi connectivity index (χ1) is 11.1. The highest BCUT2D eigenvalue weighted by atomic mass is 16.5. The van der Waals surface area contributed by atoms with Gasteiger partial charge in [0, 0.05) is 19.3 Å². The third-order valence-corrected chi connectivity index (χ3v) is 3.91. The van der Waals surface area contributed by atoms with Crippen LogP contribution in [0.2, 0.25) is 0 Å². The Hall–Kier alpha value is -1.63. The van der Waals surface area contributed by atoms with E-state index in [-0.39, 0.29) is 31.2 Å². The van der Waals surface area contributed by atoms with Crippen LogP contribution >= 0.6 is 0 Å². The molecule has 1 saturated heterocycles. The molecule has 0 unspecified atom stereocenters. The summed E-state index contributed by atoms with van der Waals surface area (Å²) in [4.78, 5) is 11.3. The maximum Gasteiger partial charge on any atom is 0.308 e. The number of aryl methyl sites for hydroxylation is 1. The van der Waals surface area contributed by atoms with Crippen molar-refractivity contribution in [1.29, 1.82) is 0 Å². The van der Waals surface area contributed by atoms with Gasteiger partial charge in [0.2, 0.25) is 0 Å². The molecule has 23 heavy (non-hydrogen) atoms. The van der Waals surface area contributed by atoms with Crippen LogP contribution in [-0.2, 0) is 27.1 Å². The number of ether oxygens (including phenoxy) is 2. The van der Waals surface area contributed by atoms with Gasteiger partial charge in [-0.1, -0.05) is 12.2 Å². The molecule has 0 aromatic carbocycles. The Morgan fingerprint density at radius 1 is 1.39 bits per heavy atom. The van der Waals surface area contributed by atoms with Crippen molar-refractivity contribution in [2.24, 2.45) is 0 Å². The summed E-state index contributed by atoms with van der Waals surface area (Å²) in [7, 11) is 1.34. The number of allylic oxidation sites excluding steroid dienone is 1. The molecule has 0 bridgehead atoms. The number of hydrogen-bond acceptors (Lipinski definition) is 6. The standard InChI is InChI=1S/C17H24O6/c1-21-17(20)11-14-10-15(19)16(23-14)8-7-13-6-5-12(22-13)4-2-3-9-18/h2-3,5-6,14-16,18-19H,4,7-11H2,1H3/b3-2-/t14-,15+,16+/m0/s1. The molecule has 0 spiro atoms. The maximum absolute atomic E-state index is 11.3. The highest BCUT2D eigenvalue weighted by Gasteiger charge is 2.34. The van der Waals surface area contributed by atoms with Crippen LogP contribution in [0.15, 0.2) is 28.7 Å². The van der Waals surface area contributed by atoms with E-state index in [2.05, 4.69) is 4.74 Å². The Kier molecular flexibility index (Phi) is 6.83. The van der Waals surface area contributed by atoms with Gasteiger partial charge in [0.15, 0.2) is 0 Å². The summed E-state index contributed by atoms with van der Waals surface area (Å²) in [5, 5.41) is 18.7. The lowest BCUT2D eigenvalue weighted by Gasteiger charge is -2.13. The van der Waals surface area contributed by atoms with E-state index < -0.39 is 6.10 Å². The Balaban J connectivity index is 1.77. The monoisotopic (exact) mass is 324 g/mol. The molecule has 1 fully saturated rings. The molecule has 1 aromatic rings. The third-order valence-electron chi connectivity index (χ3n) is 3.91. The molecule has 1 aromatic heterocycles. The lowest BCUT2D eigenvalue weighted by atomic mass is 10.1. The van der Waals surface area contributed by atoms with Crippen LogP contribution in [0.1, 0.15) is 30.8 Å². The second-order valence-electron chi connectivity index (χ2n) is 5.64. The van der Waals surface area contributed by atoms with Gasteiger partial charge >= 0.3 is 5.97 Å². The maximum atomic E-state index is 11.3. The molecule has 1 aliphatic heterocycles. The number of methoxy groups -OCH3 is 1. The summed E-state index contributed by atoms with van der Waals surface area (Å²) >= 11 is 0. The Morgan fingerprint density at radius 2 is 2.17 bits per heavy atom. The fourth-order valence-corrected chi connectivity index (χ4v) is 2.70. The smallest absolute Gasteiger partial charge is 0.308 e. The molecule has 0 radical (unpaired) electrons. The van der Waals surface area contributed by atoms with Gasteiger partial charge in [-0.3, -0.25) is 4.79 Å². The number of esters is 1. The average Bonchev–Trinajstić information content (AvgIpc) is 3.12. The average molecular weight is 324 g/mol. The van der Waals surface area contributed by atoms with Crippen LogP contribution in [0.4, 0.5) is 0 Å². The summed E-state index contributed by atoms with van der Waals surface area (Å²) in [6, 6.07) is 3.82. The molecule has 128 valence electrons. The number of aliphatic hydroxyl groups excluding tert-OH is 2. The van der Waals surface area contributed by atoms with Crippen molar-refractivity contribution in [1.82, 2.24) is 0 Å². The van der Waals surface area contributed by atoms with E-state index >= 15 is 0 Å². The Labute approximate surface area is 135 Å². The first-order valence-corrected chi connectivity index (χ1v) is 7.86. The fourth-order valence-electron chi connectivity index (χ4n) is 2.70. The number of rotatable bonds is 8. The number of aliphatic hydroxyl groups is 2. The van der Waals surface area contributed by atoms with Gasteiger partial charge in [-0.15, -0.1) is 0 Å². The highest BCUT2D eigenvalue weighted by Crippen LogP contribution is 2.26. The van der Waals surface area contributed by atoms with Crippen LogP contribution in [0.3, 0.4) is 0 Å². The largest absolute Gasteiger partial charge is 0.469 e. The van der Waals surface area contributed by atoms with Crippen molar-refractivity contribution >= 4 is 5.97 Å². The molecule has 2 N–H and O–H groups in total. The number of carbonyl (C=O) groups is 1. The molecule has 0 saturated carbocycles. The van der Waals surface area contributed by atoms with Crippen LogP contribution < -0.4 is 0 Å². The van der Waals surface area contributed by atoms with Crippen LogP contribution in [0.5, 0.6) is 0 Å². The minimum atomic E-state index is -0.563. The van der Waals surface area contributed by atoms with Gasteiger partial charge in [0.05, 0.1) is 38.4 Å². The lowest BCUT2D eigenvalue weighted by molar-refractivity contribution is -0.143. The van der Waals surface area contributed by atoms with Gasteiger partial charge in [0.1, 0.15) is 11.5 Å². The minimum absolute atomic E-state index is 0.0250. The SMILES string of the molecule is COC(=O)C[C@@H]1C[C@@H](O)[C@@H](CCc2ccc(C/C=C\CO)o2)O1. The van der Waals surface area contributed by atoms with E-state index in [1.165, 1.54) is 7.11 Å². The molecule has 1 aliphatic rings. The van der Waals surface area contributed by atoms with E-state index in [1.807, 2.05) is 18.2 Å². The van der Waals surface area contributed by atoms with E-state index in [9.17, 15) is 9.90 Å². The molecule has 3 atom stereocenters. The summed E-state index contributed by atoms with van der Waals surface area (Å²) in [6.45, 7) is 0.0250. The first-order valence-electron chi connectivity index (χ1n) is 7.86. The Bertz CT molecular complexity index is 521. The third kappa shape index (κ3) is 5.49. The van der Waals surface area contributed by atoms with Crippen molar-refractivity contribution in [2.45, 2.75) is 50.4 Å². The molecule has 0 aliphatic carbocycles. The Morgan fingerprint density at radius 3 is 2.91 bits per heavy atom. The normalized spacial score (nSPS) is 24.4. The van der Waals surface area contributed by atoms with Crippen LogP contribution in [0.25, 0.3) is 0 Å². The minimum Gasteiger partial charge on any atom is -0.469 e. The molecule has 6 heteroatoms.